The molecule has 5 nitrogen and oxygen atoms in total. The second kappa shape index (κ2) is 8.43. The Morgan fingerprint density at radius 3 is 2.03 bits per heavy atom. The molecular formula is C20H11ClF9N3O2. The Morgan fingerprint density at radius 2 is 1.51 bits per heavy atom. The van der Waals surface area contributed by atoms with E-state index < -0.39 is 79.7 Å². The van der Waals surface area contributed by atoms with Gasteiger partial charge in [-0.15, -0.1) is 0 Å². The van der Waals surface area contributed by atoms with Crippen LogP contribution in [-0.2, 0) is 0 Å². The number of amides is 1. The van der Waals surface area contributed by atoms with Crippen molar-refractivity contribution in [3.63, 3.8) is 0 Å². The zero-order valence-corrected chi connectivity index (χ0v) is 18.1. The molecule has 0 radical (unpaired) electrons. The van der Waals surface area contributed by atoms with Crippen molar-refractivity contribution in [2.75, 3.05) is 0 Å². The molecule has 3 rings (SSSR count). The van der Waals surface area contributed by atoms with Gasteiger partial charge < -0.3 is 5.32 Å². The summed E-state index contributed by atoms with van der Waals surface area (Å²) in [5, 5.41) is -0.364. The van der Waals surface area contributed by atoms with E-state index in [1.165, 1.54) is 5.32 Å². The minimum Gasteiger partial charge on any atom is -0.341 e. The molecule has 1 N–H and O–H groups in total. The Morgan fingerprint density at radius 1 is 0.971 bits per heavy atom. The zero-order chi connectivity index (χ0) is 26.7. The van der Waals surface area contributed by atoms with Gasteiger partial charge >= 0.3 is 12.1 Å². The predicted molar refractivity (Wildman–Crippen MR) is 105 cm³/mol. The number of aromatic nitrogens is 2. The number of halogens is 10. The van der Waals surface area contributed by atoms with Gasteiger partial charge in [-0.1, -0.05) is 11.6 Å². The van der Waals surface area contributed by atoms with Crippen LogP contribution in [0.1, 0.15) is 24.2 Å². The lowest BCUT2D eigenvalue weighted by Gasteiger charge is -2.35. The van der Waals surface area contributed by atoms with E-state index in [1.807, 2.05) is 0 Å². The number of hydrogen-bond donors (Lipinski definition) is 1. The maximum atomic E-state index is 14.5. The Kier molecular flexibility index (Phi) is 6.34. The molecule has 0 saturated heterocycles. The van der Waals surface area contributed by atoms with E-state index in [9.17, 15) is 49.1 Å². The molecule has 0 fully saturated rings. The van der Waals surface area contributed by atoms with Crippen LogP contribution in [0.25, 0.3) is 16.7 Å². The van der Waals surface area contributed by atoms with Crippen LogP contribution >= 0.6 is 11.6 Å². The van der Waals surface area contributed by atoms with E-state index in [0.29, 0.717) is 30.7 Å². The number of nitrogens with one attached hydrogen (secondary N) is 1. The van der Waals surface area contributed by atoms with Crippen LogP contribution in [0.5, 0.6) is 0 Å². The molecule has 3 aromatic rings. The van der Waals surface area contributed by atoms with Crippen molar-refractivity contribution in [2.24, 2.45) is 0 Å². The van der Waals surface area contributed by atoms with Gasteiger partial charge in [-0.05, 0) is 19.9 Å². The summed E-state index contributed by atoms with van der Waals surface area (Å²) in [7, 11) is 0. The third-order valence-electron chi connectivity index (χ3n) is 4.92. The molecule has 0 atom stereocenters. The van der Waals surface area contributed by atoms with Crippen molar-refractivity contribution in [1.82, 2.24) is 14.9 Å². The molecule has 1 aromatic carbocycles. The summed E-state index contributed by atoms with van der Waals surface area (Å²) in [5.41, 5.74) is -7.84. The van der Waals surface area contributed by atoms with Gasteiger partial charge in [0.15, 0.2) is 28.3 Å². The van der Waals surface area contributed by atoms with Crippen LogP contribution in [0.4, 0.5) is 39.5 Å². The van der Waals surface area contributed by atoms with Crippen LogP contribution in [0.3, 0.4) is 0 Å². The summed E-state index contributed by atoms with van der Waals surface area (Å²) < 4.78 is 123. The molecule has 0 aliphatic rings. The lowest BCUT2D eigenvalue weighted by Crippen LogP contribution is -2.62. The number of benzene rings is 1. The van der Waals surface area contributed by atoms with E-state index >= 15 is 0 Å². The number of fused-ring (bicyclic) bond motifs is 1. The fraction of sp³-hybridized carbons (Fsp3) is 0.250. The Labute approximate surface area is 194 Å². The highest BCUT2D eigenvalue weighted by atomic mass is 35.5. The number of pyridine rings is 2. The van der Waals surface area contributed by atoms with Crippen molar-refractivity contribution >= 4 is 28.5 Å². The van der Waals surface area contributed by atoms with Crippen molar-refractivity contribution < 1.29 is 44.3 Å². The molecule has 2 heterocycles. The average Bonchev–Trinajstić information content (AvgIpc) is 2.69. The third-order valence-corrected chi connectivity index (χ3v) is 5.19. The Hall–Kier alpha value is -3.29. The first-order valence-electron chi connectivity index (χ1n) is 9.22. The maximum absolute atomic E-state index is 14.5. The summed E-state index contributed by atoms with van der Waals surface area (Å²) in [6.45, 7) is 0.635. The normalized spacial score (nSPS) is 12.8. The van der Waals surface area contributed by atoms with E-state index in [0.717, 1.165) is 0 Å². The second-order valence-electron chi connectivity index (χ2n) is 7.74. The summed E-state index contributed by atoms with van der Waals surface area (Å²) in [4.78, 5) is 28.9. The lowest BCUT2D eigenvalue weighted by atomic mass is 9.94. The van der Waals surface area contributed by atoms with Gasteiger partial charge in [0.1, 0.15) is 22.6 Å². The maximum Gasteiger partial charge on any atom is 0.455 e. The molecule has 0 spiro atoms. The summed E-state index contributed by atoms with van der Waals surface area (Å²) in [6.07, 6.45) is -5.74. The van der Waals surface area contributed by atoms with Gasteiger partial charge in [0.25, 0.3) is 5.91 Å². The summed E-state index contributed by atoms with van der Waals surface area (Å²) >= 11 is 5.57. The highest BCUT2D eigenvalue weighted by Crippen LogP contribution is 2.43. The fourth-order valence-electron chi connectivity index (χ4n) is 3.08. The number of hydrogen-bond acceptors (Lipinski definition) is 3. The van der Waals surface area contributed by atoms with E-state index in [1.54, 1.807) is 0 Å². The molecule has 35 heavy (non-hydrogen) atoms. The quantitative estimate of drug-likeness (QED) is 0.367. The SMILES string of the molecule is CC(C)(NC(=O)c1cn(-c2c(F)cc(F)cc2F)c2nc(Cl)c(F)cc2c1=O)C(F)(F)C(F)(F)F. The number of rotatable bonds is 4. The first kappa shape index (κ1) is 26.3. The largest absolute Gasteiger partial charge is 0.455 e. The first-order valence-corrected chi connectivity index (χ1v) is 9.60. The highest BCUT2D eigenvalue weighted by molar-refractivity contribution is 6.29. The van der Waals surface area contributed by atoms with Gasteiger partial charge in [-0.2, -0.15) is 22.0 Å². The lowest BCUT2D eigenvalue weighted by molar-refractivity contribution is -0.305. The molecule has 0 bridgehead atoms. The van der Waals surface area contributed by atoms with Gasteiger partial charge in [0, 0.05) is 18.3 Å². The van der Waals surface area contributed by atoms with Crippen molar-refractivity contribution in [3.05, 3.63) is 68.6 Å². The molecule has 188 valence electrons. The highest BCUT2D eigenvalue weighted by Gasteiger charge is 2.67. The van der Waals surface area contributed by atoms with Crippen molar-refractivity contribution in [1.29, 1.82) is 0 Å². The molecule has 0 aliphatic heterocycles. The molecule has 0 saturated carbocycles. The smallest absolute Gasteiger partial charge is 0.341 e. The summed E-state index contributed by atoms with van der Waals surface area (Å²) in [6, 6.07) is 0.829. The van der Waals surface area contributed by atoms with Crippen LogP contribution in [0.2, 0.25) is 5.15 Å². The van der Waals surface area contributed by atoms with Crippen molar-refractivity contribution in [2.45, 2.75) is 31.5 Å². The molecule has 15 heteroatoms. The topological polar surface area (TPSA) is 64.0 Å². The van der Waals surface area contributed by atoms with E-state index in [-0.39, 0.29) is 12.1 Å². The molecule has 0 aliphatic carbocycles. The van der Waals surface area contributed by atoms with Crippen molar-refractivity contribution in [3.8, 4) is 5.69 Å². The molecule has 0 unspecified atom stereocenters. The van der Waals surface area contributed by atoms with Crippen LogP contribution in [0.15, 0.2) is 29.2 Å². The number of nitrogens with zero attached hydrogens (tertiary/aromatic N) is 2. The fourth-order valence-corrected chi connectivity index (χ4v) is 3.22. The van der Waals surface area contributed by atoms with Crippen LogP contribution in [0, 0.1) is 23.3 Å². The van der Waals surface area contributed by atoms with Gasteiger partial charge in [0.05, 0.1) is 5.39 Å². The number of carbonyl (C=O) groups excluding carboxylic acids is 1. The minimum absolute atomic E-state index is 0.209. The van der Waals surface area contributed by atoms with Crippen LogP contribution < -0.4 is 10.7 Å². The molecular weight excluding hydrogens is 521 g/mol. The summed E-state index contributed by atoms with van der Waals surface area (Å²) in [5.74, 6) is -13.2. The Bertz CT molecular complexity index is 1390. The monoisotopic (exact) mass is 531 g/mol. The molecule has 1 amide bonds. The first-order chi connectivity index (χ1) is 15.9. The van der Waals surface area contributed by atoms with E-state index in [2.05, 4.69) is 4.98 Å². The molecule has 2 aromatic heterocycles. The minimum atomic E-state index is -6.10. The van der Waals surface area contributed by atoms with Gasteiger partial charge in [-0.25, -0.2) is 22.5 Å². The van der Waals surface area contributed by atoms with Crippen LogP contribution in [-0.4, -0.2) is 33.1 Å². The zero-order valence-electron chi connectivity index (χ0n) is 17.3. The van der Waals surface area contributed by atoms with Gasteiger partial charge in [0.2, 0.25) is 5.43 Å². The Balaban J connectivity index is 2.31. The number of alkyl halides is 5. The van der Waals surface area contributed by atoms with E-state index in [4.69, 9.17) is 11.6 Å². The predicted octanol–water partition coefficient (Wildman–Crippen LogP) is 5.30. The second-order valence-corrected chi connectivity index (χ2v) is 8.10. The number of carbonyl (C=O) groups is 1. The average molecular weight is 532 g/mol. The standard InChI is InChI=1S/C20H11ClF9N3O2/c1-18(2,19(26,27)20(28,29)30)32-17(35)9-6-33(13-10(23)3-7(22)4-11(13)24)16-8(14(9)34)5-12(25)15(21)31-16/h3-6H,1-2H3,(H,32,35). The van der Waals surface area contributed by atoms with Gasteiger partial charge in [-0.3, -0.25) is 14.2 Å². The third kappa shape index (κ3) is 4.42.